The predicted octanol–water partition coefficient (Wildman–Crippen LogP) is 2.61. The number of rotatable bonds is 5. The van der Waals surface area contributed by atoms with E-state index in [0.717, 1.165) is 6.07 Å². The number of hydrogen-bond acceptors (Lipinski definition) is 6. The van der Waals surface area contributed by atoms with E-state index in [0.29, 0.717) is 6.07 Å². The van der Waals surface area contributed by atoms with Gasteiger partial charge in [0.1, 0.15) is 6.07 Å². The van der Waals surface area contributed by atoms with Crippen LogP contribution in [0.4, 0.5) is 17.1 Å². The van der Waals surface area contributed by atoms with Gasteiger partial charge in [0.2, 0.25) is 0 Å². The van der Waals surface area contributed by atoms with Gasteiger partial charge in [-0.1, -0.05) is 13.8 Å². The monoisotopic (exact) mass is 269 g/mol. The van der Waals surface area contributed by atoms with Crippen molar-refractivity contribution in [3.05, 3.63) is 48.0 Å². The van der Waals surface area contributed by atoms with Gasteiger partial charge in [-0.05, 0) is 12.3 Å². The Kier molecular flexibility index (Phi) is 4.10. The third-order valence-corrected chi connectivity index (χ3v) is 2.39. The van der Waals surface area contributed by atoms with Gasteiger partial charge in [-0.25, -0.2) is 0 Å². The van der Waals surface area contributed by atoms with Gasteiger partial charge in [0.15, 0.2) is 0 Å². The van der Waals surface area contributed by atoms with Crippen molar-refractivity contribution in [3.63, 3.8) is 0 Å². The highest BCUT2D eigenvalue weighted by molar-refractivity contribution is 5.62. The molecule has 0 aliphatic heterocycles. The van der Waals surface area contributed by atoms with Crippen molar-refractivity contribution in [1.29, 1.82) is 0 Å². The third-order valence-electron chi connectivity index (χ3n) is 2.39. The van der Waals surface area contributed by atoms with Gasteiger partial charge in [0.05, 0.1) is 14.8 Å². The molecule has 9 heteroatoms. The van der Waals surface area contributed by atoms with E-state index >= 15 is 0 Å². The summed E-state index contributed by atoms with van der Waals surface area (Å²) in [5.74, 6) is 0.0276. The summed E-state index contributed by atoms with van der Waals surface area (Å²) in [5.41, 5.74) is -1.95. The van der Waals surface area contributed by atoms with E-state index in [-0.39, 0.29) is 17.9 Å². The molecule has 9 nitrogen and oxygen atoms in total. The van der Waals surface area contributed by atoms with Crippen LogP contribution in [0.2, 0.25) is 0 Å². The van der Waals surface area contributed by atoms with Crippen LogP contribution in [0.3, 0.4) is 0 Å². The van der Waals surface area contributed by atoms with Crippen LogP contribution in [0.15, 0.2) is 12.1 Å². The number of hydrogen-bond donors (Lipinski definition) is 0. The SMILES string of the molecule is CC(C)Cc1cc([N+](=O)[O-])c([N+](=O)[O-])cc1[N+](=O)[O-]. The maximum atomic E-state index is 10.9. The van der Waals surface area contributed by atoms with Crippen molar-refractivity contribution in [2.24, 2.45) is 5.92 Å². The van der Waals surface area contributed by atoms with E-state index in [2.05, 4.69) is 0 Å². The third kappa shape index (κ3) is 3.21. The molecule has 0 aliphatic rings. The lowest BCUT2D eigenvalue weighted by Crippen LogP contribution is -2.04. The van der Waals surface area contributed by atoms with E-state index < -0.39 is 31.8 Å². The Bertz CT molecular complexity index is 554. The van der Waals surface area contributed by atoms with Crippen molar-refractivity contribution >= 4 is 17.1 Å². The van der Waals surface area contributed by atoms with Gasteiger partial charge in [-0.3, -0.25) is 30.3 Å². The topological polar surface area (TPSA) is 129 Å². The maximum Gasteiger partial charge on any atom is 0.352 e. The van der Waals surface area contributed by atoms with Crippen molar-refractivity contribution in [1.82, 2.24) is 0 Å². The second kappa shape index (κ2) is 5.38. The van der Waals surface area contributed by atoms with Crippen LogP contribution in [-0.2, 0) is 6.42 Å². The average Bonchev–Trinajstić information content (AvgIpc) is 2.26. The smallest absolute Gasteiger partial charge is 0.258 e. The fourth-order valence-corrected chi connectivity index (χ4v) is 1.67. The summed E-state index contributed by atoms with van der Waals surface area (Å²) in [6, 6.07) is 1.56. The molecule has 19 heavy (non-hydrogen) atoms. The van der Waals surface area contributed by atoms with Crippen molar-refractivity contribution in [2.45, 2.75) is 20.3 Å². The molecule has 102 valence electrons. The zero-order chi connectivity index (χ0) is 14.7. The molecule has 0 saturated heterocycles. The van der Waals surface area contributed by atoms with Crippen molar-refractivity contribution in [3.8, 4) is 0 Å². The van der Waals surface area contributed by atoms with Crippen LogP contribution >= 0.6 is 0 Å². The Balaban J connectivity index is 3.54. The molecule has 1 aromatic rings. The Morgan fingerprint density at radius 2 is 1.32 bits per heavy atom. The lowest BCUT2D eigenvalue weighted by atomic mass is 10.00. The largest absolute Gasteiger partial charge is 0.352 e. The molecule has 0 heterocycles. The summed E-state index contributed by atoms with van der Waals surface area (Å²) < 4.78 is 0. The first kappa shape index (κ1) is 14.5. The van der Waals surface area contributed by atoms with Crippen molar-refractivity contribution < 1.29 is 14.8 Å². The van der Waals surface area contributed by atoms with Crippen molar-refractivity contribution in [2.75, 3.05) is 0 Å². The zero-order valence-corrected chi connectivity index (χ0v) is 10.2. The summed E-state index contributed by atoms with van der Waals surface area (Å²) in [6.07, 6.45) is 0.231. The predicted molar refractivity (Wildman–Crippen MR) is 64.9 cm³/mol. The average molecular weight is 269 g/mol. The molecule has 0 unspecified atom stereocenters. The number of nitrogens with zero attached hydrogens (tertiary/aromatic N) is 3. The first-order valence-electron chi connectivity index (χ1n) is 5.34. The first-order valence-corrected chi connectivity index (χ1v) is 5.34. The molecule has 0 radical (unpaired) electrons. The molecule has 0 aliphatic carbocycles. The van der Waals surface area contributed by atoms with Gasteiger partial charge in [-0.2, -0.15) is 0 Å². The molecule has 1 rings (SSSR count). The van der Waals surface area contributed by atoms with E-state index in [1.165, 1.54) is 0 Å². The van der Waals surface area contributed by atoms with Gasteiger partial charge in [0, 0.05) is 11.6 Å². The van der Waals surface area contributed by atoms with Crippen LogP contribution in [0, 0.1) is 36.3 Å². The van der Waals surface area contributed by atoms with Crippen LogP contribution < -0.4 is 0 Å². The molecule has 0 fully saturated rings. The Hall–Kier alpha value is -2.58. The molecule has 0 saturated carbocycles. The van der Waals surface area contributed by atoms with Crippen LogP contribution in [-0.4, -0.2) is 14.8 Å². The Labute approximate surface area is 107 Å². The quantitative estimate of drug-likeness (QED) is 0.596. The molecule has 1 aromatic carbocycles. The molecule has 0 bridgehead atoms. The molecule has 0 spiro atoms. The molecular formula is C10H11N3O6. The summed E-state index contributed by atoms with van der Waals surface area (Å²) in [6.45, 7) is 3.58. The highest BCUT2D eigenvalue weighted by Gasteiger charge is 2.31. The van der Waals surface area contributed by atoms with E-state index in [1.54, 1.807) is 13.8 Å². The Morgan fingerprint density at radius 1 is 0.895 bits per heavy atom. The van der Waals surface area contributed by atoms with E-state index in [9.17, 15) is 30.3 Å². The van der Waals surface area contributed by atoms with Gasteiger partial charge >= 0.3 is 11.4 Å². The van der Waals surface area contributed by atoms with Gasteiger partial charge < -0.3 is 0 Å². The molecule has 0 aromatic heterocycles. The van der Waals surface area contributed by atoms with Gasteiger partial charge in [-0.15, -0.1) is 0 Å². The number of nitro benzene ring substituents is 3. The molecule has 0 amide bonds. The molecule has 0 N–H and O–H groups in total. The minimum absolute atomic E-state index is 0.0276. The second-order valence-corrected chi connectivity index (χ2v) is 4.34. The minimum atomic E-state index is -0.996. The number of nitro groups is 3. The second-order valence-electron chi connectivity index (χ2n) is 4.34. The summed E-state index contributed by atoms with van der Waals surface area (Å²) >= 11 is 0. The molecule has 0 atom stereocenters. The number of benzene rings is 1. The van der Waals surface area contributed by atoms with Crippen LogP contribution in [0.5, 0.6) is 0 Å². The fraction of sp³-hybridized carbons (Fsp3) is 0.400. The van der Waals surface area contributed by atoms with E-state index in [1.807, 2.05) is 0 Å². The molecular weight excluding hydrogens is 258 g/mol. The fourth-order valence-electron chi connectivity index (χ4n) is 1.67. The lowest BCUT2D eigenvalue weighted by molar-refractivity contribution is -0.424. The zero-order valence-electron chi connectivity index (χ0n) is 10.2. The lowest BCUT2D eigenvalue weighted by Gasteiger charge is -2.06. The maximum absolute atomic E-state index is 10.9. The first-order chi connectivity index (χ1) is 8.73. The highest BCUT2D eigenvalue weighted by atomic mass is 16.6. The van der Waals surface area contributed by atoms with Crippen LogP contribution in [0.1, 0.15) is 19.4 Å². The summed E-state index contributed by atoms with van der Waals surface area (Å²) in [5, 5.41) is 32.4. The van der Waals surface area contributed by atoms with Crippen LogP contribution in [0.25, 0.3) is 0 Å². The van der Waals surface area contributed by atoms with Gasteiger partial charge in [0.25, 0.3) is 5.69 Å². The Morgan fingerprint density at radius 3 is 1.68 bits per heavy atom. The van der Waals surface area contributed by atoms with E-state index in [4.69, 9.17) is 0 Å². The minimum Gasteiger partial charge on any atom is -0.258 e. The summed E-state index contributed by atoms with van der Waals surface area (Å²) in [7, 11) is 0. The summed E-state index contributed by atoms with van der Waals surface area (Å²) in [4.78, 5) is 29.7. The standard InChI is InChI=1S/C10H11N3O6/c1-6(2)3-7-4-9(12(16)17)10(13(18)19)5-8(7)11(14)15/h4-6H,3H2,1-2H3. The normalized spacial score (nSPS) is 10.5. The highest BCUT2D eigenvalue weighted by Crippen LogP contribution is 2.35.